The minimum absolute atomic E-state index is 0.0592. The van der Waals surface area contributed by atoms with Crippen LogP contribution < -0.4 is 11.1 Å². The lowest BCUT2D eigenvalue weighted by Crippen LogP contribution is -2.36. The van der Waals surface area contributed by atoms with Crippen LogP contribution in [0.1, 0.15) is 38.3 Å². The van der Waals surface area contributed by atoms with Crippen molar-refractivity contribution in [2.75, 3.05) is 6.54 Å². The smallest absolute Gasteiger partial charge is 0.224 e. The number of nitrogens with one attached hydrogen (secondary N) is 1. The van der Waals surface area contributed by atoms with Crippen LogP contribution in [0.5, 0.6) is 0 Å². The topological polar surface area (TPSA) is 55.1 Å². The molecule has 0 saturated heterocycles. The summed E-state index contributed by atoms with van der Waals surface area (Å²) in [6, 6.07) is 6.05. The average Bonchev–Trinajstić information content (AvgIpc) is 2.35. The van der Waals surface area contributed by atoms with Crippen LogP contribution >= 0.6 is 0 Å². The SMILES string of the molecule is CCCC(CN)C(=O)N[C@@H](C)c1cccc(F)c1. The van der Waals surface area contributed by atoms with Gasteiger partial charge in [0.1, 0.15) is 5.82 Å². The molecular formula is C14H21FN2O. The van der Waals surface area contributed by atoms with Crippen molar-refractivity contribution in [1.29, 1.82) is 0 Å². The Hall–Kier alpha value is -1.42. The van der Waals surface area contributed by atoms with Gasteiger partial charge in [0.2, 0.25) is 5.91 Å². The predicted molar refractivity (Wildman–Crippen MR) is 70.4 cm³/mol. The number of hydrogen-bond acceptors (Lipinski definition) is 2. The summed E-state index contributed by atoms with van der Waals surface area (Å²) in [5.41, 5.74) is 6.34. The maximum atomic E-state index is 13.1. The second-order valence-electron chi connectivity index (χ2n) is 4.51. The molecule has 1 rings (SSSR count). The third-order valence-corrected chi connectivity index (χ3v) is 3.00. The Morgan fingerprint density at radius 3 is 2.78 bits per heavy atom. The summed E-state index contributed by atoms with van der Waals surface area (Å²) in [5, 5.41) is 2.87. The molecule has 3 nitrogen and oxygen atoms in total. The molecule has 1 unspecified atom stereocenters. The molecular weight excluding hydrogens is 231 g/mol. The van der Waals surface area contributed by atoms with Crippen molar-refractivity contribution in [3.05, 3.63) is 35.6 Å². The Morgan fingerprint density at radius 2 is 2.22 bits per heavy atom. The van der Waals surface area contributed by atoms with Gasteiger partial charge in [-0.3, -0.25) is 4.79 Å². The van der Waals surface area contributed by atoms with Gasteiger partial charge >= 0.3 is 0 Å². The minimum Gasteiger partial charge on any atom is -0.349 e. The molecule has 3 N–H and O–H groups in total. The van der Waals surface area contributed by atoms with Gasteiger partial charge in [0.05, 0.1) is 12.0 Å². The monoisotopic (exact) mass is 252 g/mol. The highest BCUT2D eigenvalue weighted by molar-refractivity contribution is 5.79. The van der Waals surface area contributed by atoms with E-state index in [9.17, 15) is 9.18 Å². The lowest BCUT2D eigenvalue weighted by Gasteiger charge is -2.19. The molecule has 18 heavy (non-hydrogen) atoms. The van der Waals surface area contributed by atoms with E-state index in [0.717, 1.165) is 18.4 Å². The predicted octanol–water partition coefficient (Wildman–Crippen LogP) is 2.38. The van der Waals surface area contributed by atoms with Gasteiger partial charge in [-0.05, 0) is 31.0 Å². The largest absolute Gasteiger partial charge is 0.349 e. The van der Waals surface area contributed by atoms with Gasteiger partial charge < -0.3 is 11.1 Å². The van der Waals surface area contributed by atoms with Gasteiger partial charge in [0.15, 0.2) is 0 Å². The quantitative estimate of drug-likeness (QED) is 0.816. The lowest BCUT2D eigenvalue weighted by molar-refractivity contribution is -0.125. The fourth-order valence-corrected chi connectivity index (χ4v) is 1.89. The molecule has 0 bridgehead atoms. The molecule has 1 aromatic carbocycles. The zero-order valence-electron chi connectivity index (χ0n) is 10.9. The van der Waals surface area contributed by atoms with Crippen LogP contribution in [0.2, 0.25) is 0 Å². The highest BCUT2D eigenvalue weighted by Gasteiger charge is 2.18. The molecule has 0 aliphatic carbocycles. The van der Waals surface area contributed by atoms with Crippen molar-refractivity contribution in [3.63, 3.8) is 0 Å². The number of halogens is 1. The van der Waals surface area contributed by atoms with E-state index < -0.39 is 0 Å². The van der Waals surface area contributed by atoms with Crippen molar-refractivity contribution >= 4 is 5.91 Å². The Labute approximate surface area is 108 Å². The number of carbonyl (C=O) groups excluding carboxylic acids is 1. The standard InChI is InChI=1S/C14H21FN2O/c1-3-5-12(9-16)14(18)17-10(2)11-6-4-7-13(15)8-11/h4,6-8,10,12H,3,5,9,16H2,1-2H3,(H,17,18)/t10-,12?/m0/s1. The first-order chi connectivity index (χ1) is 8.58. The van der Waals surface area contributed by atoms with E-state index in [1.807, 2.05) is 13.8 Å². The lowest BCUT2D eigenvalue weighted by atomic mass is 10.0. The van der Waals surface area contributed by atoms with Crippen LogP contribution in [-0.4, -0.2) is 12.5 Å². The van der Waals surface area contributed by atoms with Gasteiger partial charge in [-0.15, -0.1) is 0 Å². The summed E-state index contributed by atoms with van der Waals surface area (Å²) < 4.78 is 13.1. The molecule has 4 heteroatoms. The second-order valence-corrected chi connectivity index (χ2v) is 4.51. The van der Waals surface area contributed by atoms with Crippen LogP contribution in [0.15, 0.2) is 24.3 Å². The van der Waals surface area contributed by atoms with Crippen LogP contribution in [0.4, 0.5) is 4.39 Å². The van der Waals surface area contributed by atoms with Crippen molar-refractivity contribution < 1.29 is 9.18 Å². The van der Waals surface area contributed by atoms with Gasteiger partial charge in [-0.25, -0.2) is 4.39 Å². The van der Waals surface area contributed by atoms with Crippen molar-refractivity contribution in [2.24, 2.45) is 11.7 Å². The number of hydrogen-bond donors (Lipinski definition) is 2. The fourth-order valence-electron chi connectivity index (χ4n) is 1.89. The van der Waals surface area contributed by atoms with E-state index in [4.69, 9.17) is 5.73 Å². The zero-order chi connectivity index (χ0) is 13.5. The first kappa shape index (κ1) is 14.6. The Kier molecular flexibility index (Phi) is 5.78. The first-order valence-corrected chi connectivity index (χ1v) is 6.34. The molecule has 0 fully saturated rings. The molecule has 0 aliphatic heterocycles. The first-order valence-electron chi connectivity index (χ1n) is 6.34. The molecule has 0 spiro atoms. The van der Waals surface area contributed by atoms with E-state index >= 15 is 0 Å². The Bertz CT molecular complexity index is 395. The highest BCUT2D eigenvalue weighted by Crippen LogP contribution is 2.15. The van der Waals surface area contributed by atoms with Crippen molar-refractivity contribution in [1.82, 2.24) is 5.32 Å². The number of amides is 1. The van der Waals surface area contributed by atoms with E-state index in [2.05, 4.69) is 5.32 Å². The van der Waals surface area contributed by atoms with E-state index in [0.29, 0.717) is 6.54 Å². The van der Waals surface area contributed by atoms with E-state index in [1.54, 1.807) is 12.1 Å². The summed E-state index contributed by atoms with van der Waals surface area (Å²) in [6.07, 6.45) is 1.70. The third-order valence-electron chi connectivity index (χ3n) is 3.00. The number of benzene rings is 1. The molecule has 100 valence electrons. The van der Waals surface area contributed by atoms with Gasteiger partial charge in [-0.1, -0.05) is 25.5 Å². The number of carbonyl (C=O) groups is 1. The molecule has 2 atom stereocenters. The van der Waals surface area contributed by atoms with Crippen molar-refractivity contribution in [2.45, 2.75) is 32.7 Å². The summed E-state index contributed by atoms with van der Waals surface area (Å²) >= 11 is 0. The van der Waals surface area contributed by atoms with Crippen LogP contribution in [0.25, 0.3) is 0 Å². The normalized spacial score (nSPS) is 14.0. The third kappa shape index (κ3) is 4.11. The Morgan fingerprint density at radius 1 is 1.50 bits per heavy atom. The molecule has 0 saturated carbocycles. The fraction of sp³-hybridized carbons (Fsp3) is 0.500. The van der Waals surface area contributed by atoms with Gasteiger partial charge in [-0.2, -0.15) is 0 Å². The molecule has 0 radical (unpaired) electrons. The molecule has 1 aromatic rings. The maximum absolute atomic E-state index is 13.1. The molecule has 0 aliphatic rings. The average molecular weight is 252 g/mol. The highest BCUT2D eigenvalue weighted by atomic mass is 19.1. The summed E-state index contributed by atoms with van der Waals surface area (Å²) in [4.78, 5) is 11.9. The van der Waals surface area contributed by atoms with E-state index in [1.165, 1.54) is 12.1 Å². The summed E-state index contributed by atoms with van der Waals surface area (Å²) in [7, 11) is 0. The summed E-state index contributed by atoms with van der Waals surface area (Å²) in [6.45, 7) is 4.20. The molecule has 1 amide bonds. The summed E-state index contributed by atoms with van der Waals surface area (Å²) in [5.74, 6) is -0.514. The maximum Gasteiger partial charge on any atom is 0.224 e. The van der Waals surface area contributed by atoms with Crippen LogP contribution in [-0.2, 0) is 4.79 Å². The zero-order valence-corrected chi connectivity index (χ0v) is 10.9. The number of rotatable bonds is 6. The molecule has 0 heterocycles. The Balaban J connectivity index is 2.63. The van der Waals surface area contributed by atoms with Gasteiger partial charge in [0, 0.05) is 6.54 Å². The van der Waals surface area contributed by atoms with E-state index in [-0.39, 0.29) is 23.7 Å². The van der Waals surface area contributed by atoms with Gasteiger partial charge in [0.25, 0.3) is 0 Å². The second kappa shape index (κ2) is 7.11. The molecule has 0 aromatic heterocycles. The van der Waals surface area contributed by atoms with Crippen LogP contribution in [0.3, 0.4) is 0 Å². The van der Waals surface area contributed by atoms with Crippen LogP contribution in [0, 0.1) is 11.7 Å². The minimum atomic E-state index is -0.294. The van der Waals surface area contributed by atoms with Crippen molar-refractivity contribution in [3.8, 4) is 0 Å². The number of nitrogens with two attached hydrogens (primary N) is 1.